The number of rotatable bonds is 7. The largest absolute Gasteiger partial charge is 0.495 e. The number of carbonyl (C=O) groups excluding carboxylic acids is 1. The molecule has 29 heavy (non-hydrogen) atoms. The van der Waals surface area contributed by atoms with Crippen molar-refractivity contribution in [1.29, 1.82) is 0 Å². The highest BCUT2D eigenvalue weighted by Gasteiger charge is 2.34. The van der Waals surface area contributed by atoms with E-state index in [2.05, 4.69) is 16.6 Å². The van der Waals surface area contributed by atoms with Gasteiger partial charge in [-0.15, -0.1) is 0 Å². The molecule has 1 aromatic rings. The first-order valence-electron chi connectivity index (χ1n) is 8.58. The van der Waals surface area contributed by atoms with Gasteiger partial charge in [-0.05, 0) is 18.9 Å². The zero-order valence-corrected chi connectivity index (χ0v) is 17.1. The Labute approximate surface area is 171 Å². The maximum absolute atomic E-state index is 13.1. The molecule has 0 bridgehead atoms. The fraction of sp³-hybridized carbons (Fsp3) is 0.471. The number of anilines is 1. The number of piperidine rings is 1. The van der Waals surface area contributed by atoms with E-state index >= 15 is 0 Å². The monoisotopic (exact) mass is 455 g/mol. The molecule has 0 unspecified atom stereocenters. The Morgan fingerprint density at radius 2 is 2.00 bits per heavy atom. The van der Waals surface area contributed by atoms with Crippen LogP contribution in [0.1, 0.15) is 18.4 Å². The number of amides is 1. The van der Waals surface area contributed by atoms with E-state index < -0.39 is 26.8 Å². The number of halogens is 4. The highest BCUT2D eigenvalue weighted by molar-refractivity contribution is 7.92. The molecule has 1 amide bonds. The van der Waals surface area contributed by atoms with Crippen molar-refractivity contribution in [1.82, 2.24) is 9.62 Å². The Morgan fingerprint density at radius 3 is 2.52 bits per heavy atom. The van der Waals surface area contributed by atoms with Crippen molar-refractivity contribution in [2.75, 3.05) is 32.1 Å². The van der Waals surface area contributed by atoms with Crippen molar-refractivity contribution >= 4 is 33.2 Å². The van der Waals surface area contributed by atoms with E-state index in [-0.39, 0.29) is 29.9 Å². The molecule has 1 aromatic carbocycles. The minimum Gasteiger partial charge on any atom is -0.495 e. The Balaban J connectivity index is 1.98. The first-order chi connectivity index (χ1) is 13.5. The smallest absolute Gasteiger partial charge is 0.417 e. The molecule has 1 fully saturated rings. The minimum atomic E-state index is -4.65. The molecule has 0 saturated carbocycles. The van der Waals surface area contributed by atoms with Crippen LogP contribution in [0.4, 0.5) is 18.9 Å². The second-order valence-electron chi connectivity index (χ2n) is 6.37. The molecular formula is C17H21ClF3N3O4S. The fourth-order valence-electron chi connectivity index (χ4n) is 2.89. The number of alkyl halides is 3. The quantitative estimate of drug-likeness (QED) is 0.660. The summed E-state index contributed by atoms with van der Waals surface area (Å²) < 4.78 is 69.7. The van der Waals surface area contributed by atoms with Crippen molar-refractivity contribution in [3.8, 4) is 5.75 Å². The third-order valence-corrected chi connectivity index (χ3v) is 5.84. The second kappa shape index (κ2) is 9.23. The van der Waals surface area contributed by atoms with Gasteiger partial charge in [-0.1, -0.05) is 18.2 Å². The molecule has 1 aliphatic heterocycles. The van der Waals surface area contributed by atoms with Gasteiger partial charge in [-0.2, -0.15) is 13.2 Å². The summed E-state index contributed by atoms with van der Waals surface area (Å²) in [6.45, 7) is 3.60. The van der Waals surface area contributed by atoms with E-state index in [0.29, 0.717) is 25.9 Å². The van der Waals surface area contributed by atoms with Gasteiger partial charge in [0, 0.05) is 30.6 Å². The minimum absolute atomic E-state index is 0.00814. The van der Waals surface area contributed by atoms with Crippen LogP contribution in [0.2, 0.25) is 5.02 Å². The highest BCUT2D eigenvalue weighted by Crippen LogP contribution is 2.40. The Hall–Kier alpha value is -1.98. The van der Waals surface area contributed by atoms with Crippen LogP contribution >= 0.6 is 11.6 Å². The lowest BCUT2D eigenvalue weighted by Crippen LogP contribution is -2.47. The number of hydrogen-bond acceptors (Lipinski definition) is 5. The molecule has 1 aliphatic rings. The number of hydrogen-bond donors (Lipinski definition) is 2. The normalized spacial score (nSPS) is 15.8. The van der Waals surface area contributed by atoms with Crippen LogP contribution < -0.4 is 14.8 Å². The van der Waals surface area contributed by atoms with Crippen LogP contribution in [0, 0.1) is 0 Å². The fourth-order valence-corrected chi connectivity index (χ4v) is 3.95. The van der Waals surface area contributed by atoms with Gasteiger partial charge < -0.3 is 15.0 Å². The van der Waals surface area contributed by atoms with Gasteiger partial charge in [0.2, 0.25) is 15.9 Å². The summed E-state index contributed by atoms with van der Waals surface area (Å²) in [5, 5.41) is 2.98. The SMILES string of the molecule is C=CS(=O)(=O)NC1CCN(C(=O)CNc2cc(C(F)(F)F)c(Cl)cc2OC)CC1. The predicted octanol–water partition coefficient (Wildman–Crippen LogP) is 2.83. The van der Waals surface area contributed by atoms with Crippen LogP contribution in [0.3, 0.4) is 0 Å². The van der Waals surface area contributed by atoms with Gasteiger partial charge in [0.25, 0.3) is 0 Å². The molecule has 0 spiro atoms. The maximum atomic E-state index is 13.1. The third kappa shape index (κ3) is 6.25. The molecule has 1 saturated heterocycles. The van der Waals surface area contributed by atoms with Gasteiger partial charge in [0.1, 0.15) is 5.75 Å². The van der Waals surface area contributed by atoms with Gasteiger partial charge in [-0.3, -0.25) is 4.79 Å². The summed E-state index contributed by atoms with van der Waals surface area (Å²) in [5.74, 6) is -0.256. The van der Waals surface area contributed by atoms with Crippen LogP contribution in [0.25, 0.3) is 0 Å². The van der Waals surface area contributed by atoms with E-state index in [1.807, 2.05) is 0 Å². The molecule has 0 atom stereocenters. The van der Waals surface area contributed by atoms with E-state index in [9.17, 15) is 26.4 Å². The number of nitrogens with one attached hydrogen (secondary N) is 2. The van der Waals surface area contributed by atoms with Crippen molar-refractivity contribution in [2.24, 2.45) is 0 Å². The lowest BCUT2D eigenvalue weighted by Gasteiger charge is -2.32. The molecule has 0 aliphatic carbocycles. The Bertz CT molecular complexity index is 869. The van der Waals surface area contributed by atoms with E-state index in [0.717, 1.165) is 17.5 Å². The number of ether oxygens (including phenoxy) is 1. The number of methoxy groups -OCH3 is 1. The van der Waals surface area contributed by atoms with E-state index in [1.165, 1.54) is 12.0 Å². The van der Waals surface area contributed by atoms with Crippen LogP contribution in [0.5, 0.6) is 5.75 Å². The standard InChI is InChI=1S/C17H21ClF3N3O4S/c1-3-29(26,27)23-11-4-6-24(7-5-11)16(25)10-22-14-8-12(17(19,20)21)13(18)9-15(14)28-2/h3,8-9,11,22-23H,1,4-7,10H2,2H3. The lowest BCUT2D eigenvalue weighted by molar-refractivity contribution is -0.137. The molecule has 7 nitrogen and oxygen atoms in total. The predicted molar refractivity (Wildman–Crippen MR) is 103 cm³/mol. The number of benzene rings is 1. The Kier molecular flexibility index (Phi) is 7.41. The number of carbonyl (C=O) groups is 1. The first-order valence-corrected chi connectivity index (χ1v) is 10.5. The van der Waals surface area contributed by atoms with Crippen molar-refractivity contribution in [2.45, 2.75) is 25.1 Å². The molecular weight excluding hydrogens is 435 g/mol. The second-order valence-corrected chi connectivity index (χ2v) is 8.43. The van der Waals surface area contributed by atoms with Crippen LogP contribution in [-0.2, 0) is 21.0 Å². The maximum Gasteiger partial charge on any atom is 0.417 e. The molecule has 0 radical (unpaired) electrons. The summed E-state index contributed by atoms with van der Waals surface area (Å²) in [6.07, 6.45) is -3.81. The van der Waals surface area contributed by atoms with Crippen molar-refractivity contribution < 1.29 is 31.1 Å². The highest BCUT2D eigenvalue weighted by atomic mass is 35.5. The first kappa shape index (κ1) is 23.3. The van der Waals surface area contributed by atoms with E-state index in [1.54, 1.807) is 0 Å². The average molecular weight is 456 g/mol. The Morgan fingerprint density at radius 1 is 1.38 bits per heavy atom. The van der Waals surface area contributed by atoms with Gasteiger partial charge in [-0.25, -0.2) is 13.1 Å². The summed E-state index contributed by atoms with van der Waals surface area (Å²) in [4.78, 5) is 13.9. The number of nitrogens with zero attached hydrogens (tertiary/aromatic N) is 1. The van der Waals surface area contributed by atoms with Crippen LogP contribution in [0.15, 0.2) is 24.1 Å². The average Bonchev–Trinajstić information content (AvgIpc) is 2.65. The summed E-state index contributed by atoms with van der Waals surface area (Å²) in [6, 6.07) is 1.53. The third-order valence-electron chi connectivity index (χ3n) is 4.42. The summed E-state index contributed by atoms with van der Waals surface area (Å²) >= 11 is 5.66. The summed E-state index contributed by atoms with van der Waals surface area (Å²) in [5.41, 5.74) is -1.04. The van der Waals surface area contributed by atoms with Crippen molar-refractivity contribution in [3.05, 3.63) is 34.7 Å². The van der Waals surface area contributed by atoms with Crippen LogP contribution in [-0.4, -0.2) is 52.0 Å². The molecule has 2 rings (SSSR count). The van der Waals surface area contributed by atoms with Gasteiger partial charge in [0.15, 0.2) is 0 Å². The molecule has 162 valence electrons. The number of sulfonamides is 1. The molecule has 1 heterocycles. The zero-order chi connectivity index (χ0) is 21.8. The molecule has 12 heteroatoms. The topological polar surface area (TPSA) is 87.7 Å². The van der Waals surface area contributed by atoms with E-state index in [4.69, 9.17) is 16.3 Å². The summed E-state index contributed by atoms with van der Waals surface area (Å²) in [7, 11) is -2.27. The van der Waals surface area contributed by atoms with Gasteiger partial charge in [0.05, 0.1) is 29.9 Å². The molecule has 0 aromatic heterocycles. The number of likely N-dealkylation sites (tertiary alicyclic amines) is 1. The van der Waals surface area contributed by atoms with Gasteiger partial charge >= 0.3 is 6.18 Å². The zero-order valence-electron chi connectivity index (χ0n) is 15.6. The molecule has 2 N–H and O–H groups in total. The lowest BCUT2D eigenvalue weighted by atomic mass is 10.1. The van der Waals surface area contributed by atoms with Crippen molar-refractivity contribution in [3.63, 3.8) is 0 Å².